The smallest absolute Gasteiger partial charge is 0.336 e. The first kappa shape index (κ1) is 53.6. The highest BCUT2D eigenvalue weighted by molar-refractivity contribution is 9.11. The number of hydrogen-bond donors (Lipinski definition) is 1. The molecule has 21 heteroatoms. The molecule has 0 radical (unpaired) electrons. The van der Waals surface area contributed by atoms with Crippen molar-refractivity contribution in [2.24, 2.45) is 0 Å². The molecule has 0 amide bonds. The maximum Gasteiger partial charge on any atom is 0.336 e. The van der Waals surface area contributed by atoms with Crippen molar-refractivity contribution in [3.05, 3.63) is 194 Å². The lowest BCUT2D eigenvalue weighted by Gasteiger charge is -2.18. The quantitative estimate of drug-likeness (QED) is 0.0815. The molecule has 3 heterocycles. The van der Waals surface area contributed by atoms with Gasteiger partial charge in [0.15, 0.2) is 0 Å². The number of aliphatic hydroxyl groups is 1. The standard InChI is InChI=1S/C19H21BrNO5PS.C15H11Br2NO2S.C15H12BrNO3S/c1-3-25-27(22,26-4-2)14-17-12-15-10-11-16(20)13-19(15)21(17)28(23,24)18-8-6-5-7-9-18;16-10-13-8-11-6-7-12(17)9-15(11)18(13)21(19,20)14-4-2-1-3-5-14;16-12-7-6-11-8-13(10-18)17(15(11)9-12)21(19,20)14-4-2-1-3-5-14/h5-13H,3-4,14H2,1-2H3;1-9H,10H2;1-9,18H,10H2. The Balaban J connectivity index is 0.000000157. The zero-order valence-electron chi connectivity index (χ0n) is 37.3. The molecule has 9 aromatic rings. The topological polar surface area (TPSA) is 173 Å². The van der Waals surface area contributed by atoms with Gasteiger partial charge in [0.25, 0.3) is 30.1 Å². The molecule has 70 heavy (non-hydrogen) atoms. The van der Waals surface area contributed by atoms with Gasteiger partial charge in [0.2, 0.25) is 0 Å². The first-order valence-corrected chi connectivity index (χ1v) is 30.8. The molecular formula is C49H44Br4N3O10PS3. The van der Waals surface area contributed by atoms with E-state index in [1.54, 1.807) is 117 Å². The Morgan fingerprint density at radius 1 is 0.471 bits per heavy atom. The highest BCUT2D eigenvalue weighted by Crippen LogP contribution is 2.52. The average Bonchev–Trinajstić information content (AvgIpc) is 4.03. The molecular weight excluding hydrogens is 1240 g/mol. The maximum absolute atomic E-state index is 13.4. The van der Waals surface area contributed by atoms with Crippen molar-refractivity contribution >= 4 is 134 Å². The Labute approximate surface area is 440 Å². The van der Waals surface area contributed by atoms with Gasteiger partial charge < -0.3 is 14.2 Å². The second kappa shape index (κ2) is 22.7. The van der Waals surface area contributed by atoms with Crippen LogP contribution in [0.3, 0.4) is 0 Å². The zero-order chi connectivity index (χ0) is 50.4. The minimum Gasteiger partial charge on any atom is -0.390 e. The highest BCUT2D eigenvalue weighted by Gasteiger charge is 2.31. The summed E-state index contributed by atoms with van der Waals surface area (Å²) in [5.74, 6) is 0. The Bertz CT molecular complexity index is 3540. The summed E-state index contributed by atoms with van der Waals surface area (Å²) in [5.41, 5.74) is 3.09. The first-order valence-electron chi connectivity index (χ1n) is 21.2. The molecule has 0 unspecified atom stereocenters. The normalized spacial score (nSPS) is 12.2. The molecule has 3 aromatic heterocycles. The number of nitrogens with zero attached hydrogens (tertiary/aromatic N) is 3. The Kier molecular flexibility index (Phi) is 17.4. The van der Waals surface area contributed by atoms with E-state index >= 15 is 0 Å². The summed E-state index contributed by atoms with van der Waals surface area (Å²) < 4.78 is 108. The molecule has 0 aliphatic heterocycles. The minimum absolute atomic E-state index is 0.146. The number of aliphatic hydroxyl groups excluding tert-OH is 1. The van der Waals surface area contributed by atoms with Gasteiger partial charge >= 0.3 is 7.60 Å². The van der Waals surface area contributed by atoms with Crippen molar-refractivity contribution in [2.75, 3.05) is 13.2 Å². The van der Waals surface area contributed by atoms with Crippen molar-refractivity contribution in [1.82, 2.24) is 11.9 Å². The van der Waals surface area contributed by atoms with Crippen LogP contribution in [0, 0.1) is 0 Å². The van der Waals surface area contributed by atoms with E-state index in [9.17, 15) is 34.9 Å². The van der Waals surface area contributed by atoms with Crippen LogP contribution < -0.4 is 0 Å². The molecule has 0 atom stereocenters. The lowest BCUT2D eigenvalue weighted by atomic mass is 10.2. The van der Waals surface area contributed by atoms with Crippen molar-refractivity contribution in [1.29, 1.82) is 0 Å². The number of aromatic nitrogens is 3. The van der Waals surface area contributed by atoms with Crippen molar-refractivity contribution in [3.8, 4) is 0 Å². The molecule has 9 rings (SSSR count). The SMILES string of the molecule is CCOP(=O)(Cc1cc2ccc(Br)cc2n1S(=O)(=O)c1ccccc1)OCC.O=S(=O)(c1ccccc1)n1c(CBr)cc2ccc(Br)cc21.O=S(=O)(c1ccccc1)n1c(CO)cc2ccc(Br)cc21. The van der Waals surface area contributed by atoms with Gasteiger partial charge in [-0.15, -0.1) is 0 Å². The monoisotopic (exact) mass is 1280 g/mol. The fourth-order valence-corrected chi connectivity index (χ4v) is 15.7. The van der Waals surface area contributed by atoms with Crippen LogP contribution in [-0.4, -0.2) is 55.5 Å². The zero-order valence-corrected chi connectivity index (χ0v) is 47.0. The third kappa shape index (κ3) is 11.5. The van der Waals surface area contributed by atoms with Gasteiger partial charge in [-0.25, -0.2) is 37.2 Å². The Morgan fingerprint density at radius 2 is 0.786 bits per heavy atom. The van der Waals surface area contributed by atoms with Crippen molar-refractivity contribution in [2.45, 2.75) is 46.6 Å². The van der Waals surface area contributed by atoms with E-state index in [1.807, 2.05) is 48.5 Å². The summed E-state index contributed by atoms with van der Waals surface area (Å²) in [5, 5.41) is 12.3. The average molecular weight is 1280 g/mol. The number of alkyl halides is 1. The van der Waals surface area contributed by atoms with Crippen LogP contribution in [0.4, 0.5) is 0 Å². The summed E-state index contributed by atoms with van der Waals surface area (Å²) in [6.45, 7) is 3.50. The van der Waals surface area contributed by atoms with Crippen molar-refractivity contribution in [3.63, 3.8) is 0 Å². The largest absolute Gasteiger partial charge is 0.390 e. The number of halogens is 4. The van der Waals surface area contributed by atoms with Crippen LogP contribution in [0.15, 0.2) is 192 Å². The Morgan fingerprint density at radius 3 is 1.11 bits per heavy atom. The van der Waals surface area contributed by atoms with E-state index in [2.05, 4.69) is 63.7 Å². The van der Waals surface area contributed by atoms with Crippen LogP contribution in [-0.2, 0) is 61.8 Å². The lowest BCUT2D eigenvalue weighted by molar-refractivity contribution is 0.219. The number of benzene rings is 6. The predicted octanol–water partition coefficient (Wildman–Crippen LogP) is 13.1. The van der Waals surface area contributed by atoms with E-state index in [0.29, 0.717) is 39.0 Å². The molecule has 0 spiro atoms. The van der Waals surface area contributed by atoms with Gasteiger partial charge in [-0.1, -0.05) is 137 Å². The molecule has 0 bridgehead atoms. The maximum atomic E-state index is 13.4. The fourth-order valence-electron chi connectivity index (χ4n) is 7.60. The molecule has 0 aliphatic carbocycles. The number of hydrogen-bond acceptors (Lipinski definition) is 10. The van der Waals surface area contributed by atoms with E-state index in [1.165, 1.54) is 24.0 Å². The molecule has 0 saturated heterocycles. The predicted molar refractivity (Wildman–Crippen MR) is 289 cm³/mol. The molecule has 13 nitrogen and oxygen atoms in total. The highest BCUT2D eigenvalue weighted by atomic mass is 79.9. The van der Waals surface area contributed by atoms with Crippen molar-refractivity contribution < 1.29 is 44.0 Å². The fraction of sp³-hybridized carbons (Fsp3) is 0.143. The third-order valence-corrected chi connectivity index (χ3v) is 19.9. The van der Waals surface area contributed by atoms with E-state index < -0.39 is 37.7 Å². The molecule has 0 saturated carbocycles. The van der Waals surface area contributed by atoms with E-state index in [0.717, 1.165) is 29.6 Å². The summed E-state index contributed by atoms with van der Waals surface area (Å²) in [4.78, 5) is 0.623. The van der Waals surface area contributed by atoms with Crippen LogP contribution in [0.5, 0.6) is 0 Å². The van der Waals surface area contributed by atoms with Crippen LogP contribution in [0.2, 0.25) is 0 Å². The first-order chi connectivity index (χ1) is 33.4. The lowest BCUT2D eigenvalue weighted by Crippen LogP contribution is -2.16. The molecule has 0 aliphatic rings. The summed E-state index contributed by atoms with van der Waals surface area (Å²) in [7, 11) is -14.8. The molecule has 1 N–H and O–H groups in total. The van der Waals surface area contributed by atoms with Gasteiger partial charge in [-0.3, -0.25) is 4.57 Å². The summed E-state index contributed by atoms with van der Waals surface area (Å²) >= 11 is 13.5. The second-order valence-electron chi connectivity index (χ2n) is 15.2. The minimum atomic E-state index is -3.91. The van der Waals surface area contributed by atoms with E-state index in [4.69, 9.17) is 9.05 Å². The third-order valence-electron chi connectivity index (χ3n) is 10.5. The van der Waals surface area contributed by atoms with Gasteiger partial charge in [0.05, 0.1) is 62.9 Å². The molecule has 0 fully saturated rings. The van der Waals surface area contributed by atoms with Crippen LogP contribution >= 0.6 is 71.3 Å². The number of rotatable bonds is 14. The summed E-state index contributed by atoms with van der Waals surface area (Å²) in [6.07, 6.45) is -0.146. The second-order valence-corrected chi connectivity index (χ2v) is 25.9. The van der Waals surface area contributed by atoms with Gasteiger partial charge in [-0.05, 0) is 105 Å². The van der Waals surface area contributed by atoms with Gasteiger partial charge in [0.1, 0.15) is 0 Å². The van der Waals surface area contributed by atoms with Gasteiger partial charge in [0, 0.05) is 46.3 Å². The van der Waals surface area contributed by atoms with Gasteiger partial charge in [-0.2, -0.15) is 0 Å². The molecule has 366 valence electrons. The molecule has 6 aromatic carbocycles. The van der Waals surface area contributed by atoms with E-state index in [-0.39, 0.29) is 40.7 Å². The Hall–Kier alpha value is -4.18. The van der Waals surface area contributed by atoms with Crippen LogP contribution in [0.25, 0.3) is 32.7 Å². The number of fused-ring (bicyclic) bond motifs is 3. The van der Waals surface area contributed by atoms with Crippen LogP contribution in [0.1, 0.15) is 30.9 Å². The summed E-state index contributed by atoms with van der Waals surface area (Å²) in [6, 6.07) is 46.5.